The van der Waals surface area contributed by atoms with Gasteiger partial charge in [0.05, 0.1) is 5.75 Å². The van der Waals surface area contributed by atoms with E-state index in [0.29, 0.717) is 31.7 Å². The predicted octanol–water partition coefficient (Wildman–Crippen LogP) is -0.296. The van der Waals surface area contributed by atoms with Gasteiger partial charge < -0.3 is 10.2 Å². The summed E-state index contributed by atoms with van der Waals surface area (Å²) in [7, 11) is 0.969. The van der Waals surface area contributed by atoms with Gasteiger partial charge in [0.2, 0.25) is 10.0 Å². The highest BCUT2D eigenvalue weighted by Crippen LogP contribution is 2.19. The minimum absolute atomic E-state index is 0.240. The monoisotopic (exact) mass is 261 g/mol. The van der Waals surface area contributed by atoms with Crippen LogP contribution in [0.25, 0.3) is 0 Å². The molecule has 1 unspecified atom stereocenters. The Hall–Kier alpha value is -0.170. The first-order valence-corrected chi connectivity index (χ1v) is 7.97. The van der Waals surface area contributed by atoms with Gasteiger partial charge >= 0.3 is 0 Å². The molecule has 100 valence electrons. The number of nitrogens with one attached hydrogen (secondary N) is 1. The third-order valence-electron chi connectivity index (χ3n) is 3.62. The molecule has 1 aliphatic heterocycles. The number of likely N-dealkylation sites (N-methyl/N-ethyl adjacent to an activating group) is 1. The van der Waals surface area contributed by atoms with Gasteiger partial charge in [-0.05, 0) is 33.4 Å². The Balaban J connectivity index is 1.79. The average molecular weight is 261 g/mol. The minimum Gasteiger partial charge on any atom is -0.313 e. The number of hydrogen-bond donors (Lipinski definition) is 1. The highest BCUT2D eigenvalue weighted by molar-refractivity contribution is 7.89. The zero-order chi connectivity index (χ0) is 12.5. The van der Waals surface area contributed by atoms with E-state index in [0.717, 1.165) is 6.42 Å². The molecule has 6 heteroatoms. The van der Waals surface area contributed by atoms with Crippen molar-refractivity contribution in [3.05, 3.63) is 0 Å². The van der Waals surface area contributed by atoms with Crippen LogP contribution >= 0.6 is 0 Å². The van der Waals surface area contributed by atoms with E-state index in [1.165, 1.54) is 12.8 Å². The molecule has 2 rings (SSSR count). The van der Waals surface area contributed by atoms with Gasteiger partial charge in [-0.1, -0.05) is 0 Å². The average Bonchev–Trinajstić information content (AvgIpc) is 2.92. The van der Waals surface area contributed by atoms with Crippen LogP contribution in [-0.2, 0) is 10.0 Å². The van der Waals surface area contributed by atoms with E-state index in [1.807, 2.05) is 14.1 Å². The van der Waals surface area contributed by atoms with Gasteiger partial charge in [-0.15, -0.1) is 0 Å². The molecule has 0 radical (unpaired) electrons. The summed E-state index contributed by atoms with van der Waals surface area (Å²) in [6.07, 6.45) is 3.35. The van der Waals surface area contributed by atoms with Gasteiger partial charge in [-0.25, -0.2) is 12.7 Å². The molecule has 0 aromatic rings. The number of nitrogens with zero attached hydrogens (tertiary/aromatic N) is 2. The second-order valence-corrected chi connectivity index (χ2v) is 7.40. The van der Waals surface area contributed by atoms with E-state index >= 15 is 0 Å². The van der Waals surface area contributed by atoms with E-state index in [-0.39, 0.29) is 5.75 Å². The molecule has 1 atom stereocenters. The van der Waals surface area contributed by atoms with Crippen LogP contribution in [0.15, 0.2) is 0 Å². The Morgan fingerprint density at radius 1 is 1.29 bits per heavy atom. The van der Waals surface area contributed by atoms with Crippen LogP contribution in [0.2, 0.25) is 0 Å². The molecule has 1 aliphatic carbocycles. The van der Waals surface area contributed by atoms with Crippen molar-refractivity contribution in [2.24, 2.45) is 0 Å². The molecule has 0 aromatic heterocycles. The van der Waals surface area contributed by atoms with Crippen LogP contribution in [0.5, 0.6) is 0 Å². The van der Waals surface area contributed by atoms with Crippen molar-refractivity contribution in [3.8, 4) is 0 Å². The number of rotatable bonds is 6. The maximum Gasteiger partial charge on any atom is 0.215 e. The lowest BCUT2D eigenvalue weighted by Gasteiger charge is -2.20. The van der Waals surface area contributed by atoms with Gasteiger partial charge in [0.25, 0.3) is 0 Å². The SMILES string of the molecule is CN(C)C1CCN(S(=O)(=O)CCNC2CC2)C1. The molecule has 0 bridgehead atoms. The van der Waals surface area contributed by atoms with Crippen molar-refractivity contribution in [1.29, 1.82) is 0 Å². The molecule has 1 heterocycles. The smallest absolute Gasteiger partial charge is 0.215 e. The molecule has 1 saturated heterocycles. The van der Waals surface area contributed by atoms with Gasteiger partial charge in [-0.2, -0.15) is 0 Å². The van der Waals surface area contributed by atoms with E-state index < -0.39 is 10.0 Å². The molecule has 0 amide bonds. The topological polar surface area (TPSA) is 52.7 Å². The Kier molecular flexibility index (Phi) is 4.07. The molecule has 1 N–H and O–H groups in total. The Morgan fingerprint density at radius 3 is 2.53 bits per heavy atom. The minimum atomic E-state index is -3.05. The fourth-order valence-corrected chi connectivity index (χ4v) is 3.61. The normalized spacial score (nSPS) is 26.9. The lowest BCUT2D eigenvalue weighted by Crippen LogP contribution is -2.38. The molecular formula is C11H23N3O2S. The summed E-state index contributed by atoms with van der Waals surface area (Å²) in [4.78, 5) is 2.11. The third kappa shape index (κ3) is 3.64. The molecule has 5 nitrogen and oxygen atoms in total. The first-order chi connectivity index (χ1) is 7.99. The maximum absolute atomic E-state index is 12.1. The zero-order valence-corrected chi connectivity index (χ0v) is 11.5. The molecule has 0 spiro atoms. The van der Waals surface area contributed by atoms with Crippen LogP contribution in [0.3, 0.4) is 0 Å². The summed E-state index contributed by atoms with van der Waals surface area (Å²) in [6.45, 7) is 1.92. The molecule has 2 fully saturated rings. The Bertz CT molecular complexity index is 352. The van der Waals surface area contributed by atoms with Gasteiger partial charge in [0.15, 0.2) is 0 Å². The van der Waals surface area contributed by atoms with Gasteiger partial charge in [-0.3, -0.25) is 0 Å². The number of sulfonamides is 1. The summed E-state index contributed by atoms with van der Waals surface area (Å²) in [5, 5.41) is 3.25. The second kappa shape index (κ2) is 5.22. The van der Waals surface area contributed by atoms with Crippen LogP contribution in [0, 0.1) is 0 Å². The lowest BCUT2D eigenvalue weighted by atomic mass is 10.2. The standard InChI is InChI=1S/C11H23N3O2S/c1-13(2)11-5-7-14(9-11)17(15,16)8-6-12-10-3-4-10/h10-12H,3-9H2,1-2H3. The molecule has 0 aromatic carbocycles. The second-order valence-electron chi connectivity index (χ2n) is 5.31. The molecule has 2 aliphatic rings. The highest BCUT2D eigenvalue weighted by Gasteiger charge is 2.32. The summed E-state index contributed by atoms with van der Waals surface area (Å²) in [5.74, 6) is 0.240. The summed E-state index contributed by atoms with van der Waals surface area (Å²) in [6, 6.07) is 0.958. The lowest BCUT2D eigenvalue weighted by molar-refractivity contribution is 0.302. The predicted molar refractivity (Wildman–Crippen MR) is 68.5 cm³/mol. The van der Waals surface area contributed by atoms with Crippen LogP contribution in [-0.4, -0.2) is 69.2 Å². The van der Waals surface area contributed by atoms with E-state index in [2.05, 4.69) is 10.2 Å². The van der Waals surface area contributed by atoms with Crippen LogP contribution in [0.1, 0.15) is 19.3 Å². The van der Waals surface area contributed by atoms with E-state index in [4.69, 9.17) is 0 Å². The van der Waals surface area contributed by atoms with Crippen molar-refractivity contribution < 1.29 is 8.42 Å². The molecule has 17 heavy (non-hydrogen) atoms. The summed E-state index contributed by atoms with van der Waals surface area (Å²) < 4.78 is 25.8. The highest BCUT2D eigenvalue weighted by atomic mass is 32.2. The number of hydrogen-bond acceptors (Lipinski definition) is 4. The van der Waals surface area contributed by atoms with Crippen molar-refractivity contribution in [2.45, 2.75) is 31.3 Å². The third-order valence-corrected chi connectivity index (χ3v) is 5.46. The fourth-order valence-electron chi connectivity index (χ4n) is 2.19. The Labute approximate surface area is 104 Å². The molecular weight excluding hydrogens is 238 g/mol. The van der Waals surface area contributed by atoms with Crippen molar-refractivity contribution >= 4 is 10.0 Å². The fraction of sp³-hybridized carbons (Fsp3) is 1.00. The first kappa shape index (κ1) is 13.3. The van der Waals surface area contributed by atoms with Crippen molar-refractivity contribution in [2.75, 3.05) is 39.5 Å². The van der Waals surface area contributed by atoms with Crippen LogP contribution in [0.4, 0.5) is 0 Å². The van der Waals surface area contributed by atoms with Gasteiger partial charge in [0, 0.05) is 31.7 Å². The Morgan fingerprint density at radius 2 is 2.00 bits per heavy atom. The van der Waals surface area contributed by atoms with Crippen molar-refractivity contribution in [1.82, 2.24) is 14.5 Å². The van der Waals surface area contributed by atoms with E-state index in [1.54, 1.807) is 4.31 Å². The van der Waals surface area contributed by atoms with Crippen LogP contribution < -0.4 is 5.32 Å². The summed E-state index contributed by atoms with van der Waals surface area (Å²) >= 11 is 0. The van der Waals surface area contributed by atoms with Crippen molar-refractivity contribution in [3.63, 3.8) is 0 Å². The quantitative estimate of drug-likeness (QED) is 0.713. The first-order valence-electron chi connectivity index (χ1n) is 6.36. The van der Waals surface area contributed by atoms with E-state index in [9.17, 15) is 8.42 Å². The largest absolute Gasteiger partial charge is 0.313 e. The van der Waals surface area contributed by atoms with Gasteiger partial charge in [0.1, 0.15) is 0 Å². The zero-order valence-electron chi connectivity index (χ0n) is 10.7. The summed E-state index contributed by atoms with van der Waals surface area (Å²) in [5.41, 5.74) is 0. The maximum atomic E-state index is 12.1. The molecule has 1 saturated carbocycles.